The van der Waals surface area contributed by atoms with Gasteiger partial charge < -0.3 is 15.5 Å². The molecule has 4 N–H and O–H groups in total. The summed E-state index contributed by atoms with van der Waals surface area (Å²) in [6.45, 7) is 0.383. The normalized spacial score (nSPS) is 23.0. The third-order valence-corrected chi connectivity index (χ3v) is 3.49. The molecule has 1 aliphatic carbocycles. The molecule has 104 valence electrons. The topological polar surface area (TPSA) is 102 Å². The molecule has 1 amide bonds. The molecule has 0 saturated heterocycles. The number of aromatic amines is 1. The Morgan fingerprint density at radius 1 is 1.37 bits per heavy atom. The number of nitrogens with one attached hydrogen (secondary N) is 2. The monoisotopic (exact) mass is 266 g/mol. The van der Waals surface area contributed by atoms with Crippen molar-refractivity contribution in [2.45, 2.75) is 31.8 Å². The van der Waals surface area contributed by atoms with E-state index >= 15 is 0 Å². The molecule has 0 aliphatic heterocycles. The molecule has 0 spiro atoms. The fraction of sp³-hybridized carbons (Fsp3) is 0.538. The summed E-state index contributed by atoms with van der Waals surface area (Å²) in [6, 6.07) is 2.33. The Balaban J connectivity index is 1.95. The predicted octanol–water partition coefficient (Wildman–Crippen LogP) is 0.361. The molecule has 2 unspecified atom stereocenters. The molecule has 6 heteroatoms. The van der Waals surface area contributed by atoms with E-state index < -0.39 is 11.5 Å². The van der Waals surface area contributed by atoms with Crippen molar-refractivity contribution in [2.75, 3.05) is 6.54 Å². The van der Waals surface area contributed by atoms with Crippen LogP contribution in [0.5, 0.6) is 5.88 Å². The van der Waals surface area contributed by atoms with Crippen molar-refractivity contribution in [2.24, 2.45) is 5.92 Å². The van der Waals surface area contributed by atoms with Crippen LogP contribution < -0.4 is 10.9 Å². The number of aromatic nitrogens is 1. The van der Waals surface area contributed by atoms with E-state index in [9.17, 15) is 19.8 Å². The van der Waals surface area contributed by atoms with Gasteiger partial charge in [-0.05, 0) is 12.8 Å². The predicted molar refractivity (Wildman–Crippen MR) is 69.0 cm³/mol. The molecule has 1 saturated carbocycles. The molecule has 0 radical (unpaired) electrons. The van der Waals surface area contributed by atoms with Crippen molar-refractivity contribution in [1.82, 2.24) is 10.3 Å². The molecule has 19 heavy (non-hydrogen) atoms. The highest BCUT2D eigenvalue weighted by molar-refractivity contribution is 5.94. The zero-order valence-corrected chi connectivity index (χ0v) is 10.6. The van der Waals surface area contributed by atoms with E-state index in [1.165, 1.54) is 6.07 Å². The van der Waals surface area contributed by atoms with E-state index in [1.54, 1.807) is 0 Å². The maximum Gasteiger partial charge on any atom is 0.251 e. The van der Waals surface area contributed by atoms with Gasteiger partial charge in [0.2, 0.25) is 0 Å². The van der Waals surface area contributed by atoms with Crippen molar-refractivity contribution >= 4 is 5.91 Å². The van der Waals surface area contributed by atoms with Crippen molar-refractivity contribution < 1.29 is 15.0 Å². The number of rotatable bonds is 3. The average Bonchev–Trinajstić information content (AvgIpc) is 2.36. The van der Waals surface area contributed by atoms with Gasteiger partial charge in [-0.15, -0.1) is 0 Å². The zero-order chi connectivity index (χ0) is 13.8. The van der Waals surface area contributed by atoms with E-state index in [4.69, 9.17) is 0 Å². The fourth-order valence-corrected chi connectivity index (χ4v) is 2.41. The maximum atomic E-state index is 11.8. The molecule has 1 aromatic heterocycles. The molecule has 0 bridgehead atoms. The van der Waals surface area contributed by atoms with Gasteiger partial charge in [-0.3, -0.25) is 14.6 Å². The van der Waals surface area contributed by atoms with Crippen molar-refractivity contribution in [3.05, 3.63) is 28.0 Å². The van der Waals surface area contributed by atoms with Crippen LogP contribution in [-0.4, -0.2) is 33.8 Å². The minimum Gasteiger partial charge on any atom is -0.494 e. The van der Waals surface area contributed by atoms with Crippen LogP contribution >= 0.6 is 0 Å². The van der Waals surface area contributed by atoms with E-state index in [2.05, 4.69) is 10.3 Å². The fourth-order valence-electron chi connectivity index (χ4n) is 2.41. The quantitative estimate of drug-likeness (QED) is 0.634. The second-order valence-corrected chi connectivity index (χ2v) is 4.94. The van der Waals surface area contributed by atoms with Crippen LogP contribution in [0, 0.1) is 5.92 Å². The summed E-state index contributed by atoms with van der Waals surface area (Å²) >= 11 is 0. The molecular formula is C13H18N2O4. The van der Waals surface area contributed by atoms with Gasteiger partial charge in [0.1, 0.15) is 0 Å². The Morgan fingerprint density at radius 2 is 2.11 bits per heavy atom. The van der Waals surface area contributed by atoms with Gasteiger partial charge in [0.25, 0.3) is 11.5 Å². The van der Waals surface area contributed by atoms with E-state index in [1.807, 2.05) is 0 Å². The van der Waals surface area contributed by atoms with Gasteiger partial charge in [-0.1, -0.05) is 12.8 Å². The van der Waals surface area contributed by atoms with Crippen LogP contribution in [-0.2, 0) is 0 Å². The number of aliphatic hydroxyl groups is 1. The number of H-pyrrole nitrogens is 1. The first-order valence-corrected chi connectivity index (χ1v) is 6.46. The second kappa shape index (κ2) is 5.88. The number of aromatic hydroxyl groups is 1. The van der Waals surface area contributed by atoms with Crippen LogP contribution in [0.2, 0.25) is 0 Å². The SMILES string of the molecule is O=C(NCC1CCCCC1O)c1cc(O)[nH]c(=O)c1. The Kier molecular flexibility index (Phi) is 4.21. The number of carbonyl (C=O) groups is 1. The van der Waals surface area contributed by atoms with Crippen LogP contribution in [0.1, 0.15) is 36.0 Å². The van der Waals surface area contributed by atoms with Crippen molar-refractivity contribution in [3.8, 4) is 5.88 Å². The Labute approximate surface area is 110 Å². The molecule has 1 fully saturated rings. The maximum absolute atomic E-state index is 11.8. The number of aliphatic hydroxyl groups excluding tert-OH is 1. The van der Waals surface area contributed by atoms with Gasteiger partial charge >= 0.3 is 0 Å². The summed E-state index contributed by atoms with van der Waals surface area (Å²) in [6.07, 6.45) is 3.37. The number of amides is 1. The largest absolute Gasteiger partial charge is 0.494 e. The Morgan fingerprint density at radius 3 is 2.79 bits per heavy atom. The Bertz CT molecular complexity index is 512. The van der Waals surface area contributed by atoms with Gasteiger partial charge in [-0.25, -0.2) is 0 Å². The molecule has 0 aromatic carbocycles. The summed E-state index contributed by atoms with van der Waals surface area (Å²) in [5, 5.41) is 21.7. The van der Waals surface area contributed by atoms with Crippen molar-refractivity contribution in [1.29, 1.82) is 0 Å². The number of hydrogen-bond acceptors (Lipinski definition) is 4. The zero-order valence-electron chi connectivity index (χ0n) is 10.6. The van der Waals surface area contributed by atoms with Crippen LogP contribution in [0.3, 0.4) is 0 Å². The van der Waals surface area contributed by atoms with Crippen LogP contribution in [0.4, 0.5) is 0 Å². The standard InChI is InChI=1S/C13H18N2O4/c16-10-4-2-1-3-8(10)7-14-13(19)9-5-11(17)15-12(18)6-9/h5-6,8,10,16H,1-4,7H2,(H,14,19)(H2,15,17,18). The lowest BCUT2D eigenvalue weighted by Crippen LogP contribution is -2.36. The third kappa shape index (κ3) is 3.57. The lowest BCUT2D eigenvalue weighted by Gasteiger charge is -2.27. The summed E-state index contributed by atoms with van der Waals surface area (Å²) in [5.41, 5.74) is -0.408. The van der Waals surface area contributed by atoms with Gasteiger partial charge in [0, 0.05) is 24.6 Å². The molecular weight excluding hydrogens is 248 g/mol. The molecule has 2 atom stereocenters. The number of pyridine rings is 1. The van der Waals surface area contributed by atoms with E-state index in [-0.39, 0.29) is 23.5 Å². The number of carbonyl (C=O) groups excluding carboxylic acids is 1. The summed E-state index contributed by atoms with van der Waals surface area (Å²) in [4.78, 5) is 25.1. The minimum absolute atomic E-state index is 0.0632. The first-order chi connectivity index (χ1) is 9.06. The molecule has 1 heterocycles. The average molecular weight is 266 g/mol. The summed E-state index contributed by atoms with van der Waals surface area (Å²) < 4.78 is 0. The summed E-state index contributed by atoms with van der Waals surface area (Å²) in [7, 11) is 0. The highest BCUT2D eigenvalue weighted by atomic mass is 16.3. The summed E-state index contributed by atoms with van der Waals surface area (Å²) in [5.74, 6) is -0.692. The van der Waals surface area contributed by atoms with E-state index in [0.717, 1.165) is 31.7 Å². The van der Waals surface area contributed by atoms with Crippen LogP contribution in [0.25, 0.3) is 0 Å². The number of hydrogen-bond donors (Lipinski definition) is 4. The molecule has 1 aromatic rings. The Hall–Kier alpha value is -1.82. The molecule has 2 rings (SSSR count). The lowest BCUT2D eigenvalue weighted by atomic mass is 9.86. The first kappa shape index (κ1) is 13.6. The first-order valence-electron chi connectivity index (χ1n) is 6.46. The van der Waals surface area contributed by atoms with E-state index in [0.29, 0.717) is 6.54 Å². The molecule has 1 aliphatic rings. The smallest absolute Gasteiger partial charge is 0.251 e. The second-order valence-electron chi connectivity index (χ2n) is 4.94. The van der Waals surface area contributed by atoms with Gasteiger partial charge in [-0.2, -0.15) is 0 Å². The van der Waals surface area contributed by atoms with Crippen molar-refractivity contribution in [3.63, 3.8) is 0 Å². The third-order valence-electron chi connectivity index (χ3n) is 3.49. The minimum atomic E-state index is -0.525. The van der Waals surface area contributed by atoms with Crippen LogP contribution in [0.15, 0.2) is 16.9 Å². The van der Waals surface area contributed by atoms with Gasteiger partial charge in [0.05, 0.1) is 11.7 Å². The highest BCUT2D eigenvalue weighted by Gasteiger charge is 2.23. The van der Waals surface area contributed by atoms with Gasteiger partial charge in [0.15, 0.2) is 5.88 Å². The lowest BCUT2D eigenvalue weighted by molar-refractivity contribution is 0.0662. The highest BCUT2D eigenvalue weighted by Crippen LogP contribution is 2.23. The molecule has 6 nitrogen and oxygen atoms in total.